The molecule has 0 bridgehead atoms. The summed E-state index contributed by atoms with van der Waals surface area (Å²) in [4.78, 5) is 13.4. The van der Waals surface area contributed by atoms with Crippen LogP contribution in [0.1, 0.15) is 27.2 Å². The lowest BCUT2D eigenvalue weighted by atomic mass is 10.2. The first kappa shape index (κ1) is 15.5. The van der Waals surface area contributed by atoms with E-state index < -0.39 is 23.3 Å². The van der Waals surface area contributed by atoms with Crippen molar-refractivity contribution in [2.75, 3.05) is 13.1 Å². The van der Waals surface area contributed by atoms with Gasteiger partial charge in [-0.3, -0.25) is 0 Å². The molecule has 1 fully saturated rings. The molecule has 0 aromatic heterocycles. The van der Waals surface area contributed by atoms with E-state index in [4.69, 9.17) is 9.47 Å². The van der Waals surface area contributed by atoms with Crippen LogP contribution in [0, 0.1) is 11.6 Å². The van der Waals surface area contributed by atoms with Crippen LogP contribution in [0.4, 0.5) is 13.6 Å². The molecule has 1 aliphatic rings. The first-order chi connectivity index (χ1) is 9.76. The molecule has 0 N–H and O–H groups in total. The lowest BCUT2D eigenvalue weighted by molar-refractivity contribution is 0.0275. The van der Waals surface area contributed by atoms with E-state index in [0.29, 0.717) is 19.5 Å². The van der Waals surface area contributed by atoms with E-state index >= 15 is 0 Å². The molecule has 1 aliphatic heterocycles. The van der Waals surface area contributed by atoms with Crippen molar-refractivity contribution in [3.8, 4) is 5.75 Å². The Labute approximate surface area is 122 Å². The van der Waals surface area contributed by atoms with Gasteiger partial charge in [0, 0.05) is 13.0 Å². The second kappa shape index (κ2) is 5.87. The number of benzene rings is 1. The van der Waals surface area contributed by atoms with E-state index in [1.54, 1.807) is 20.8 Å². The van der Waals surface area contributed by atoms with Crippen LogP contribution in [-0.4, -0.2) is 35.8 Å². The molecule has 0 aliphatic carbocycles. The molecule has 1 atom stereocenters. The lowest BCUT2D eigenvalue weighted by Crippen LogP contribution is -2.36. The zero-order valence-electron chi connectivity index (χ0n) is 12.4. The molecule has 1 aromatic rings. The summed E-state index contributed by atoms with van der Waals surface area (Å²) >= 11 is 0. The van der Waals surface area contributed by atoms with Gasteiger partial charge in [0.2, 0.25) is 5.82 Å². The highest BCUT2D eigenvalue weighted by Crippen LogP contribution is 2.24. The fraction of sp³-hybridized carbons (Fsp3) is 0.533. The number of rotatable bonds is 2. The van der Waals surface area contributed by atoms with Crippen molar-refractivity contribution in [2.45, 2.75) is 38.9 Å². The molecular formula is C15H19F2NO3. The molecular weight excluding hydrogens is 280 g/mol. The van der Waals surface area contributed by atoms with Crippen molar-refractivity contribution < 1.29 is 23.0 Å². The number of carbonyl (C=O) groups excluding carboxylic acids is 1. The normalized spacial score (nSPS) is 18.7. The minimum atomic E-state index is -1.01. The van der Waals surface area contributed by atoms with Crippen LogP contribution >= 0.6 is 0 Å². The van der Waals surface area contributed by atoms with Gasteiger partial charge in [-0.25, -0.2) is 9.18 Å². The van der Waals surface area contributed by atoms with Crippen molar-refractivity contribution >= 4 is 6.09 Å². The summed E-state index contributed by atoms with van der Waals surface area (Å²) < 4.78 is 37.3. The Kier molecular flexibility index (Phi) is 4.34. The highest BCUT2D eigenvalue weighted by Gasteiger charge is 2.31. The molecule has 1 aromatic carbocycles. The minimum absolute atomic E-state index is 0.133. The Morgan fingerprint density at radius 2 is 2.05 bits per heavy atom. The van der Waals surface area contributed by atoms with Crippen molar-refractivity contribution in [1.82, 2.24) is 4.90 Å². The van der Waals surface area contributed by atoms with Gasteiger partial charge in [-0.05, 0) is 32.9 Å². The number of hydrogen-bond donors (Lipinski definition) is 0. The van der Waals surface area contributed by atoms with Crippen molar-refractivity contribution in [1.29, 1.82) is 0 Å². The van der Waals surface area contributed by atoms with Crippen molar-refractivity contribution in [3.05, 3.63) is 29.8 Å². The SMILES string of the molecule is CC(C)(C)OC(=O)N1CC[C@H](Oc2cccc(F)c2F)C1. The predicted octanol–water partition coefficient (Wildman–Crippen LogP) is 3.35. The third kappa shape index (κ3) is 4.06. The molecule has 0 saturated carbocycles. The van der Waals surface area contributed by atoms with Crippen LogP contribution in [0.5, 0.6) is 5.75 Å². The molecule has 0 radical (unpaired) electrons. The number of ether oxygens (including phenoxy) is 2. The summed E-state index contributed by atoms with van der Waals surface area (Å²) in [5.41, 5.74) is -0.565. The van der Waals surface area contributed by atoms with Gasteiger partial charge in [0.25, 0.3) is 0 Å². The van der Waals surface area contributed by atoms with Crippen LogP contribution in [-0.2, 0) is 4.74 Å². The average molecular weight is 299 g/mol. The molecule has 0 unspecified atom stereocenters. The van der Waals surface area contributed by atoms with Crippen LogP contribution in [0.15, 0.2) is 18.2 Å². The molecule has 116 valence electrons. The highest BCUT2D eigenvalue weighted by atomic mass is 19.2. The van der Waals surface area contributed by atoms with Gasteiger partial charge in [0.1, 0.15) is 11.7 Å². The first-order valence-corrected chi connectivity index (χ1v) is 6.85. The van der Waals surface area contributed by atoms with Gasteiger partial charge >= 0.3 is 6.09 Å². The van der Waals surface area contributed by atoms with Crippen molar-refractivity contribution in [2.24, 2.45) is 0 Å². The second-order valence-corrected chi connectivity index (χ2v) is 6.01. The second-order valence-electron chi connectivity index (χ2n) is 6.01. The number of carbonyl (C=O) groups is 1. The highest BCUT2D eigenvalue weighted by molar-refractivity contribution is 5.68. The van der Waals surface area contributed by atoms with Gasteiger partial charge in [0.15, 0.2) is 11.6 Å². The molecule has 0 spiro atoms. The number of likely N-dealkylation sites (tertiary alicyclic amines) is 1. The summed E-state index contributed by atoms with van der Waals surface area (Å²) in [7, 11) is 0. The fourth-order valence-electron chi connectivity index (χ4n) is 2.07. The van der Waals surface area contributed by atoms with Crippen LogP contribution < -0.4 is 4.74 Å². The zero-order chi connectivity index (χ0) is 15.6. The molecule has 6 heteroatoms. The molecule has 1 heterocycles. The van der Waals surface area contributed by atoms with E-state index in [0.717, 1.165) is 6.07 Å². The van der Waals surface area contributed by atoms with E-state index in [9.17, 15) is 13.6 Å². The standard InChI is InChI=1S/C15H19F2NO3/c1-15(2,3)21-14(19)18-8-7-10(9-18)20-12-6-4-5-11(16)13(12)17/h4-6,10H,7-9H2,1-3H3/t10-/m0/s1. The van der Waals surface area contributed by atoms with Crippen LogP contribution in [0.2, 0.25) is 0 Å². The van der Waals surface area contributed by atoms with E-state index in [2.05, 4.69) is 0 Å². The third-order valence-electron chi connectivity index (χ3n) is 3.01. The summed E-state index contributed by atoms with van der Waals surface area (Å²) in [6, 6.07) is 3.78. The minimum Gasteiger partial charge on any atom is -0.485 e. The van der Waals surface area contributed by atoms with Crippen molar-refractivity contribution in [3.63, 3.8) is 0 Å². The predicted molar refractivity (Wildman–Crippen MR) is 73.2 cm³/mol. The van der Waals surface area contributed by atoms with E-state index in [1.165, 1.54) is 17.0 Å². The Balaban J connectivity index is 1.94. The van der Waals surface area contributed by atoms with E-state index in [-0.39, 0.29) is 11.9 Å². The number of amides is 1. The van der Waals surface area contributed by atoms with E-state index in [1.807, 2.05) is 0 Å². The largest absolute Gasteiger partial charge is 0.485 e. The lowest BCUT2D eigenvalue weighted by Gasteiger charge is -2.24. The fourth-order valence-corrected chi connectivity index (χ4v) is 2.07. The summed E-state index contributed by atoms with van der Waals surface area (Å²) in [6.45, 7) is 6.13. The topological polar surface area (TPSA) is 38.8 Å². The maximum absolute atomic E-state index is 13.5. The monoisotopic (exact) mass is 299 g/mol. The molecule has 21 heavy (non-hydrogen) atoms. The molecule has 1 saturated heterocycles. The zero-order valence-corrected chi connectivity index (χ0v) is 12.4. The Morgan fingerprint density at radius 1 is 1.33 bits per heavy atom. The quantitative estimate of drug-likeness (QED) is 0.840. The average Bonchev–Trinajstić information content (AvgIpc) is 2.82. The first-order valence-electron chi connectivity index (χ1n) is 6.85. The summed E-state index contributed by atoms with van der Waals surface area (Å²) in [5, 5.41) is 0. The number of nitrogens with zero attached hydrogens (tertiary/aromatic N) is 1. The molecule has 1 amide bonds. The molecule has 4 nitrogen and oxygen atoms in total. The van der Waals surface area contributed by atoms with Gasteiger partial charge < -0.3 is 14.4 Å². The maximum Gasteiger partial charge on any atom is 0.410 e. The van der Waals surface area contributed by atoms with Crippen LogP contribution in [0.3, 0.4) is 0 Å². The van der Waals surface area contributed by atoms with Gasteiger partial charge in [0.05, 0.1) is 6.54 Å². The smallest absolute Gasteiger partial charge is 0.410 e. The Morgan fingerprint density at radius 3 is 2.71 bits per heavy atom. The number of hydrogen-bond acceptors (Lipinski definition) is 3. The van der Waals surface area contributed by atoms with Gasteiger partial charge in [-0.2, -0.15) is 4.39 Å². The third-order valence-corrected chi connectivity index (χ3v) is 3.01. The maximum atomic E-state index is 13.5. The Bertz CT molecular complexity index is 528. The van der Waals surface area contributed by atoms with Gasteiger partial charge in [-0.15, -0.1) is 0 Å². The molecule has 2 rings (SSSR count). The summed E-state index contributed by atoms with van der Waals surface area (Å²) in [5.74, 6) is -2.09. The van der Waals surface area contributed by atoms with Crippen LogP contribution in [0.25, 0.3) is 0 Å². The Hall–Kier alpha value is -1.85. The number of halogens is 2. The van der Waals surface area contributed by atoms with Gasteiger partial charge in [-0.1, -0.05) is 6.07 Å². The summed E-state index contributed by atoms with van der Waals surface area (Å²) in [6.07, 6.45) is -0.239.